The fraction of sp³-hybridized carbons (Fsp3) is 0.909. The van der Waals surface area contributed by atoms with Gasteiger partial charge in [-0.25, -0.2) is 0 Å². The van der Waals surface area contributed by atoms with Gasteiger partial charge in [-0.15, -0.1) is 0 Å². The molecule has 0 aromatic heterocycles. The molecule has 0 bridgehead atoms. The Morgan fingerprint density at radius 3 is 2.40 bits per heavy atom. The van der Waals surface area contributed by atoms with Gasteiger partial charge < -0.3 is 10.5 Å². The van der Waals surface area contributed by atoms with E-state index < -0.39 is 5.60 Å². The molecule has 0 aromatic rings. The monoisotopic (exact) mass is 231 g/mol. The highest BCUT2D eigenvalue weighted by atomic mass is 32.2. The molecule has 0 unspecified atom stereocenters. The van der Waals surface area contributed by atoms with E-state index in [1.54, 1.807) is 11.8 Å². The highest BCUT2D eigenvalue weighted by Crippen LogP contribution is 2.44. The van der Waals surface area contributed by atoms with Gasteiger partial charge in [-0.2, -0.15) is 11.8 Å². The lowest BCUT2D eigenvalue weighted by molar-refractivity contribution is -0.172. The minimum absolute atomic E-state index is 0.0777. The summed E-state index contributed by atoms with van der Waals surface area (Å²) in [6, 6.07) is 0.171. The molecule has 0 atom stereocenters. The summed E-state index contributed by atoms with van der Waals surface area (Å²) in [6.07, 6.45) is 3.54. The molecule has 0 radical (unpaired) electrons. The van der Waals surface area contributed by atoms with Crippen LogP contribution in [0.2, 0.25) is 0 Å². The highest BCUT2D eigenvalue weighted by Gasteiger charge is 2.50. The molecular formula is C11H21NO2S. The largest absolute Gasteiger partial charge is 0.460 e. The van der Waals surface area contributed by atoms with Crippen molar-refractivity contribution in [1.82, 2.24) is 0 Å². The minimum Gasteiger partial charge on any atom is -0.460 e. The van der Waals surface area contributed by atoms with Crippen molar-refractivity contribution in [1.29, 1.82) is 0 Å². The van der Waals surface area contributed by atoms with Crippen LogP contribution in [0, 0.1) is 5.41 Å². The molecule has 1 aliphatic rings. The van der Waals surface area contributed by atoms with Gasteiger partial charge >= 0.3 is 5.97 Å². The van der Waals surface area contributed by atoms with Crippen LogP contribution in [-0.2, 0) is 9.53 Å². The van der Waals surface area contributed by atoms with E-state index in [4.69, 9.17) is 10.5 Å². The lowest BCUT2D eigenvalue weighted by Gasteiger charge is -2.44. The first kappa shape index (κ1) is 12.8. The molecule has 0 amide bonds. The number of esters is 1. The Morgan fingerprint density at radius 1 is 1.53 bits per heavy atom. The zero-order valence-corrected chi connectivity index (χ0v) is 10.8. The molecule has 3 nitrogen and oxygen atoms in total. The third-order valence-corrected chi connectivity index (χ3v) is 3.40. The molecule has 0 aromatic carbocycles. The number of carbonyl (C=O) groups excluding carboxylic acids is 1. The molecule has 15 heavy (non-hydrogen) atoms. The summed E-state index contributed by atoms with van der Waals surface area (Å²) in [4.78, 5) is 12.0. The molecule has 0 spiro atoms. The second kappa shape index (κ2) is 4.34. The zero-order valence-electron chi connectivity index (χ0n) is 10.0. The number of hydrogen-bond acceptors (Lipinski definition) is 4. The molecule has 1 rings (SSSR count). The first-order chi connectivity index (χ1) is 6.79. The van der Waals surface area contributed by atoms with Crippen LogP contribution in [0.5, 0.6) is 0 Å². The van der Waals surface area contributed by atoms with E-state index in [0.29, 0.717) is 0 Å². The fourth-order valence-electron chi connectivity index (χ4n) is 1.95. The van der Waals surface area contributed by atoms with Crippen LogP contribution in [0.1, 0.15) is 33.6 Å². The lowest BCUT2D eigenvalue weighted by Crippen LogP contribution is -2.54. The second-order valence-electron chi connectivity index (χ2n) is 5.38. The molecule has 88 valence electrons. The summed E-state index contributed by atoms with van der Waals surface area (Å²) in [6.45, 7) is 5.70. The third-order valence-electron chi connectivity index (χ3n) is 2.56. The van der Waals surface area contributed by atoms with Gasteiger partial charge in [0.15, 0.2) is 0 Å². The minimum atomic E-state index is -0.401. The van der Waals surface area contributed by atoms with Crippen LogP contribution in [0.25, 0.3) is 0 Å². The number of hydrogen-bond donors (Lipinski definition) is 1. The van der Waals surface area contributed by atoms with Gasteiger partial charge in [0.25, 0.3) is 0 Å². The average molecular weight is 231 g/mol. The van der Waals surface area contributed by atoms with E-state index in [1.807, 2.05) is 27.0 Å². The van der Waals surface area contributed by atoms with Crippen molar-refractivity contribution in [2.75, 3.05) is 12.0 Å². The summed E-state index contributed by atoms with van der Waals surface area (Å²) >= 11 is 1.68. The van der Waals surface area contributed by atoms with E-state index in [0.717, 1.165) is 18.6 Å². The zero-order chi connectivity index (χ0) is 11.7. The van der Waals surface area contributed by atoms with Gasteiger partial charge in [-0.05, 0) is 39.9 Å². The van der Waals surface area contributed by atoms with Crippen molar-refractivity contribution >= 4 is 17.7 Å². The predicted octanol–water partition coefficient (Wildman–Crippen LogP) is 1.80. The van der Waals surface area contributed by atoms with E-state index in [2.05, 4.69) is 0 Å². The van der Waals surface area contributed by atoms with Crippen LogP contribution in [0.4, 0.5) is 0 Å². The van der Waals surface area contributed by atoms with Crippen molar-refractivity contribution in [2.24, 2.45) is 11.1 Å². The third kappa shape index (κ3) is 3.11. The number of rotatable bonds is 3. The number of carbonyl (C=O) groups is 1. The van der Waals surface area contributed by atoms with Crippen LogP contribution in [0.3, 0.4) is 0 Å². The summed E-state index contributed by atoms with van der Waals surface area (Å²) in [7, 11) is 0. The van der Waals surface area contributed by atoms with Crippen molar-refractivity contribution in [3.05, 3.63) is 0 Å². The maximum absolute atomic E-state index is 12.0. The van der Waals surface area contributed by atoms with E-state index in [1.165, 1.54) is 0 Å². The van der Waals surface area contributed by atoms with Crippen molar-refractivity contribution in [2.45, 2.75) is 45.3 Å². The Morgan fingerprint density at radius 2 is 2.07 bits per heavy atom. The first-order valence-corrected chi connectivity index (χ1v) is 6.66. The standard InChI is InChI=1S/C11H21NO2S/c1-10(2,3)14-9(13)11(7-15-4)5-8(12)6-11/h8H,5-7,12H2,1-4H3. The van der Waals surface area contributed by atoms with Crippen molar-refractivity contribution < 1.29 is 9.53 Å². The Hall–Kier alpha value is -0.220. The van der Waals surface area contributed by atoms with Gasteiger partial charge in [0, 0.05) is 11.8 Å². The Kier molecular flexibility index (Phi) is 3.71. The average Bonchev–Trinajstić information content (AvgIpc) is 1.97. The van der Waals surface area contributed by atoms with E-state index >= 15 is 0 Å². The molecule has 4 heteroatoms. The molecule has 0 heterocycles. The summed E-state index contributed by atoms with van der Waals surface area (Å²) in [5.41, 5.74) is 5.05. The topological polar surface area (TPSA) is 52.3 Å². The number of thioether (sulfide) groups is 1. The molecule has 1 saturated carbocycles. The highest BCUT2D eigenvalue weighted by molar-refractivity contribution is 7.98. The smallest absolute Gasteiger partial charge is 0.313 e. The van der Waals surface area contributed by atoms with Crippen LogP contribution in [-0.4, -0.2) is 29.6 Å². The van der Waals surface area contributed by atoms with Gasteiger partial charge in [-0.3, -0.25) is 4.79 Å². The van der Waals surface area contributed by atoms with Crippen LogP contribution in [0.15, 0.2) is 0 Å². The van der Waals surface area contributed by atoms with Gasteiger partial charge in [-0.1, -0.05) is 0 Å². The molecule has 1 aliphatic carbocycles. The molecule has 0 saturated heterocycles. The number of ether oxygens (including phenoxy) is 1. The van der Waals surface area contributed by atoms with Gasteiger partial charge in [0.1, 0.15) is 5.60 Å². The maximum Gasteiger partial charge on any atom is 0.313 e. The lowest BCUT2D eigenvalue weighted by atomic mass is 9.67. The van der Waals surface area contributed by atoms with Gasteiger partial charge in [0.2, 0.25) is 0 Å². The quantitative estimate of drug-likeness (QED) is 0.753. The van der Waals surface area contributed by atoms with Crippen LogP contribution >= 0.6 is 11.8 Å². The SMILES string of the molecule is CSCC1(C(=O)OC(C)(C)C)CC(N)C1. The van der Waals surface area contributed by atoms with Crippen molar-refractivity contribution in [3.63, 3.8) is 0 Å². The van der Waals surface area contributed by atoms with E-state index in [-0.39, 0.29) is 17.4 Å². The molecular weight excluding hydrogens is 210 g/mol. The van der Waals surface area contributed by atoms with Gasteiger partial charge in [0.05, 0.1) is 5.41 Å². The van der Waals surface area contributed by atoms with Crippen molar-refractivity contribution in [3.8, 4) is 0 Å². The maximum atomic E-state index is 12.0. The molecule has 0 aliphatic heterocycles. The summed E-state index contributed by atoms with van der Waals surface area (Å²) in [5.74, 6) is 0.737. The Labute approximate surface area is 96.1 Å². The summed E-state index contributed by atoms with van der Waals surface area (Å²) < 4.78 is 5.44. The summed E-state index contributed by atoms with van der Waals surface area (Å²) in [5, 5.41) is 0. The first-order valence-electron chi connectivity index (χ1n) is 5.27. The molecule has 1 fully saturated rings. The second-order valence-corrected chi connectivity index (χ2v) is 6.25. The fourth-order valence-corrected chi connectivity index (χ4v) is 2.86. The molecule has 2 N–H and O–H groups in total. The Balaban J connectivity index is 2.62. The number of nitrogens with two attached hydrogens (primary N) is 1. The Bertz CT molecular complexity index is 236. The normalized spacial score (nSPS) is 30.9. The van der Waals surface area contributed by atoms with Crippen LogP contribution < -0.4 is 5.73 Å². The van der Waals surface area contributed by atoms with E-state index in [9.17, 15) is 4.79 Å². The predicted molar refractivity (Wildman–Crippen MR) is 63.9 cm³/mol.